The second-order valence-electron chi connectivity index (χ2n) is 10.4. The van der Waals surface area contributed by atoms with Crippen molar-refractivity contribution in [3.8, 4) is 11.5 Å². The molecule has 0 bridgehead atoms. The molecule has 1 fully saturated rings. The Hall–Kier alpha value is -3.93. The summed E-state index contributed by atoms with van der Waals surface area (Å²) in [5, 5.41) is 3.11. The van der Waals surface area contributed by atoms with Gasteiger partial charge in [-0.3, -0.25) is 9.59 Å². The van der Waals surface area contributed by atoms with E-state index in [1.165, 1.54) is 11.1 Å². The first-order valence-corrected chi connectivity index (χ1v) is 13.6. The van der Waals surface area contributed by atoms with E-state index in [2.05, 4.69) is 22.4 Å². The van der Waals surface area contributed by atoms with E-state index in [1.54, 1.807) is 0 Å². The minimum Gasteiger partial charge on any atom is -0.436 e. The molecule has 1 aliphatic rings. The number of aryl methyl sites for hydroxylation is 2. The van der Waals surface area contributed by atoms with Crippen molar-refractivity contribution in [2.45, 2.75) is 39.5 Å². The highest BCUT2D eigenvalue weighted by Crippen LogP contribution is 2.28. The lowest BCUT2D eigenvalue weighted by Gasteiger charge is -2.34. The van der Waals surface area contributed by atoms with Crippen LogP contribution >= 0.6 is 0 Å². The number of fused-ring (bicyclic) bond motifs is 1. The molecule has 0 spiro atoms. The molecule has 6 heteroatoms. The summed E-state index contributed by atoms with van der Waals surface area (Å²) in [5.41, 5.74) is 5.34. The van der Waals surface area contributed by atoms with Gasteiger partial charge in [-0.25, -0.2) is 4.98 Å². The van der Waals surface area contributed by atoms with Crippen molar-refractivity contribution in [1.29, 1.82) is 0 Å². The second kappa shape index (κ2) is 11.6. The lowest BCUT2D eigenvalue weighted by atomic mass is 9.84. The maximum atomic E-state index is 13.2. The van der Waals surface area contributed by atoms with E-state index in [4.69, 9.17) is 4.42 Å². The van der Waals surface area contributed by atoms with Gasteiger partial charge in [0, 0.05) is 36.7 Å². The van der Waals surface area contributed by atoms with E-state index in [-0.39, 0.29) is 23.7 Å². The molecule has 1 aromatic heterocycles. The second-order valence-corrected chi connectivity index (χ2v) is 10.4. The van der Waals surface area contributed by atoms with Crippen LogP contribution in [0.5, 0.6) is 0 Å². The van der Waals surface area contributed by atoms with Crippen LogP contribution in [0.15, 0.2) is 77.2 Å². The Bertz CT molecular complexity index is 1390. The van der Waals surface area contributed by atoms with Crippen molar-refractivity contribution in [2.24, 2.45) is 11.8 Å². The zero-order valence-electron chi connectivity index (χ0n) is 22.2. The smallest absolute Gasteiger partial charge is 0.253 e. The number of benzene rings is 3. The molecule has 0 saturated carbocycles. The van der Waals surface area contributed by atoms with E-state index < -0.39 is 0 Å². The van der Waals surface area contributed by atoms with Gasteiger partial charge in [-0.05, 0) is 74.4 Å². The lowest BCUT2D eigenvalue weighted by Crippen LogP contribution is -2.42. The van der Waals surface area contributed by atoms with E-state index >= 15 is 0 Å². The van der Waals surface area contributed by atoms with Crippen LogP contribution in [0.3, 0.4) is 0 Å². The summed E-state index contributed by atoms with van der Waals surface area (Å²) >= 11 is 0. The van der Waals surface area contributed by atoms with Crippen molar-refractivity contribution in [3.63, 3.8) is 0 Å². The molecule has 1 unspecified atom stereocenters. The first-order valence-electron chi connectivity index (χ1n) is 13.6. The third-order valence-electron chi connectivity index (χ3n) is 7.66. The number of likely N-dealkylation sites (tertiary alicyclic amines) is 1. The number of hydrogen-bond acceptors (Lipinski definition) is 4. The summed E-state index contributed by atoms with van der Waals surface area (Å²) < 4.78 is 5.92. The summed E-state index contributed by atoms with van der Waals surface area (Å²) in [6.07, 6.45) is 3.55. The first-order chi connectivity index (χ1) is 18.5. The number of nitrogens with one attached hydrogen (secondary N) is 1. The van der Waals surface area contributed by atoms with E-state index in [0.717, 1.165) is 31.2 Å². The normalized spacial score (nSPS) is 14.9. The van der Waals surface area contributed by atoms with Crippen molar-refractivity contribution in [1.82, 2.24) is 15.2 Å². The molecule has 4 aromatic rings. The fourth-order valence-electron chi connectivity index (χ4n) is 5.19. The first kappa shape index (κ1) is 25.7. The van der Waals surface area contributed by atoms with Crippen molar-refractivity contribution in [2.75, 3.05) is 19.6 Å². The van der Waals surface area contributed by atoms with Crippen LogP contribution in [0.2, 0.25) is 0 Å². The summed E-state index contributed by atoms with van der Waals surface area (Å²) in [6, 6.07) is 23.8. The van der Waals surface area contributed by atoms with Gasteiger partial charge < -0.3 is 14.6 Å². The van der Waals surface area contributed by atoms with Crippen molar-refractivity contribution >= 4 is 22.9 Å². The molecule has 196 valence electrons. The van der Waals surface area contributed by atoms with Crippen LogP contribution in [-0.2, 0) is 11.2 Å². The van der Waals surface area contributed by atoms with Crippen LogP contribution in [0.25, 0.3) is 22.6 Å². The standard InChI is InChI=1S/C32H35N3O3/c1-22-10-12-26(13-11-22)31-34-28-21-27(14-15-29(28)38-31)32(37)35-19-16-25(17-20-35)23(2)30(36)33-18-6-9-24-7-4-3-5-8-24/h3-5,7-8,10-15,21,23,25H,6,9,16-20H2,1-2H3,(H,33,36). The molecular weight excluding hydrogens is 474 g/mol. The number of hydrogen-bond donors (Lipinski definition) is 1. The van der Waals surface area contributed by atoms with Gasteiger partial charge in [0.25, 0.3) is 5.91 Å². The Morgan fingerprint density at radius 3 is 2.50 bits per heavy atom. The summed E-state index contributed by atoms with van der Waals surface area (Å²) in [7, 11) is 0. The van der Waals surface area contributed by atoms with Gasteiger partial charge in [0.2, 0.25) is 11.8 Å². The fourth-order valence-corrected chi connectivity index (χ4v) is 5.19. The van der Waals surface area contributed by atoms with Crippen LogP contribution in [0.4, 0.5) is 0 Å². The van der Waals surface area contributed by atoms with Gasteiger partial charge >= 0.3 is 0 Å². The average Bonchev–Trinajstić information content (AvgIpc) is 3.39. The maximum absolute atomic E-state index is 13.2. The van der Waals surface area contributed by atoms with E-state index in [0.29, 0.717) is 42.2 Å². The minimum absolute atomic E-state index is 0.00301. The molecule has 1 atom stereocenters. The highest BCUT2D eigenvalue weighted by atomic mass is 16.3. The minimum atomic E-state index is -0.0596. The predicted molar refractivity (Wildman–Crippen MR) is 150 cm³/mol. The number of oxazole rings is 1. The predicted octanol–water partition coefficient (Wildman–Crippen LogP) is 6.04. The third kappa shape index (κ3) is 5.96. The fraction of sp³-hybridized carbons (Fsp3) is 0.344. The molecule has 2 heterocycles. The number of piperidine rings is 1. The Kier molecular flexibility index (Phi) is 7.87. The SMILES string of the molecule is Cc1ccc(-c2nc3cc(C(=O)N4CCC(C(C)C(=O)NCCCc5ccccc5)CC4)ccc3o2)cc1. The lowest BCUT2D eigenvalue weighted by molar-refractivity contribution is -0.126. The molecule has 1 aliphatic heterocycles. The van der Waals surface area contributed by atoms with E-state index in [1.807, 2.05) is 79.4 Å². The average molecular weight is 510 g/mol. The summed E-state index contributed by atoms with van der Waals surface area (Å²) in [4.78, 5) is 32.5. The number of amides is 2. The molecule has 6 nitrogen and oxygen atoms in total. The van der Waals surface area contributed by atoms with Crippen LogP contribution in [0.1, 0.15) is 47.7 Å². The number of aromatic nitrogens is 1. The van der Waals surface area contributed by atoms with Crippen LogP contribution in [0, 0.1) is 18.8 Å². The van der Waals surface area contributed by atoms with Gasteiger partial charge in [0.15, 0.2) is 5.58 Å². The molecule has 0 radical (unpaired) electrons. The third-order valence-corrected chi connectivity index (χ3v) is 7.66. The monoisotopic (exact) mass is 509 g/mol. The Labute approximate surface area is 224 Å². The molecule has 1 saturated heterocycles. The molecule has 5 rings (SSSR count). The number of carbonyl (C=O) groups is 2. The van der Waals surface area contributed by atoms with E-state index in [9.17, 15) is 9.59 Å². The Morgan fingerprint density at radius 2 is 1.76 bits per heavy atom. The number of rotatable bonds is 8. The quantitative estimate of drug-likeness (QED) is 0.294. The Morgan fingerprint density at radius 1 is 1.03 bits per heavy atom. The topological polar surface area (TPSA) is 75.4 Å². The molecular formula is C32H35N3O3. The molecule has 3 aromatic carbocycles. The highest BCUT2D eigenvalue weighted by Gasteiger charge is 2.30. The number of nitrogens with zero attached hydrogens (tertiary/aromatic N) is 2. The highest BCUT2D eigenvalue weighted by molar-refractivity contribution is 5.97. The van der Waals surface area contributed by atoms with Crippen molar-refractivity contribution < 1.29 is 14.0 Å². The number of carbonyl (C=O) groups excluding carboxylic acids is 2. The zero-order chi connectivity index (χ0) is 26.5. The van der Waals surface area contributed by atoms with Crippen LogP contribution < -0.4 is 5.32 Å². The Balaban J connectivity index is 1.12. The van der Waals surface area contributed by atoms with Gasteiger partial charge in [-0.2, -0.15) is 0 Å². The van der Waals surface area contributed by atoms with Crippen molar-refractivity contribution in [3.05, 3.63) is 89.5 Å². The molecule has 38 heavy (non-hydrogen) atoms. The van der Waals surface area contributed by atoms with Gasteiger partial charge in [-0.15, -0.1) is 0 Å². The molecule has 0 aliphatic carbocycles. The van der Waals surface area contributed by atoms with Crippen LogP contribution in [-0.4, -0.2) is 41.3 Å². The molecule has 2 amide bonds. The maximum Gasteiger partial charge on any atom is 0.253 e. The summed E-state index contributed by atoms with van der Waals surface area (Å²) in [5.74, 6) is 0.892. The van der Waals surface area contributed by atoms with Gasteiger partial charge in [-0.1, -0.05) is 55.0 Å². The molecule has 1 N–H and O–H groups in total. The van der Waals surface area contributed by atoms with Gasteiger partial charge in [0.1, 0.15) is 5.52 Å². The summed E-state index contributed by atoms with van der Waals surface area (Å²) in [6.45, 7) is 6.05. The largest absolute Gasteiger partial charge is 0.436 e. The zero-order valence-corrected chi connectivity index (χ0v) is 22.2. The van der Waals surface area contributed by atoms with Gasteiger partial charge in [0.05, 0.1) is 0 Å².